The second-order valence-electron chi connectivity index (χ2n) is 4.92. The van der Waals surface area contributed by atoms with E-state index in [1.807, 2.05) is 0 Å². The highest BCUT2D eigenvalue weighted by Gasteiger charge is 2.53. The van der Waals surface area contributed by atoms with Crippen LogP contribution in [0.3, 0.4) is 0 Å². The van der Waals surface area contributed by atoms with Gasteiger partial charge in [-0.25, -0.2) is 4.79 Å². The molecular weight excluding hydrogens is 297 g/mol. The number of aliphatic hydroxyl groups is 1. The molecule has 8 heteroatoms. The van der Waals surface area contributed by atoms with Crippen molar-refractivity contribution < 1.29 is 29.4 Å². The van der Waals surface area contributed by atoms with E-state index >= 15 is 0 Å². The van der Waals surface area contributed by atoms with E-state index in [4.69, 9.17) is 14.9 Å². The van der Waals surface area contributed by atoms with E-state index < -0.39 is 25.3 Å². The SMILES string of the molecule is CCCCCc1cccc(CC(O)(C(=O)O)P(=O)(O)O)n1. The van der Waals surface area contributed by atoms with Gasteiger partial charge in [0.1, 0.15) is 0 Å². The zero-order valence-electron chi connectivity index (χ0n) is 11.8. The van der Waals surface area contributed by atoms with Gasteiger partial charge in [-0.2, -0.15) is 0 Å². The Balaban J connectivity index is 2.93. The predicted molar refractivity (Wildman–Crippen MR) is 75.8 cm³/mol. The Hall–Kier alpha value is -1.27. The molecule has 1 heterocycles. The van der Waals surface area contributed by atoms with E-state index in [-0.39, 0.29) is 5.69 Å². The van der Waals surface area contributed by atoms with Crippen LogP contribution < -0.4 is 0 Å². The average molecular weight is 317 g/mol. The summed E-state index contributed by atoms with van der Waals surface area (Å²) >= 11 is 0. The maximum Gasteiger partial charge on any atom is 0.368 e. The summed E-state index contributed by atoms with van der Waals surface area (Å²) in [6.07, 6.45) is 2.97. The fraction of sp³-hybridized carbons (Fsp3) is 0.538. The molecule has 7 nitrogen and oxygen atoms in total. The molecule has 0 bridgehead atoms. The molecule has 4 N–H and O–H groups in total. The number of hydrogen-bond acceptors (Lipinski definition) is 4. The van der Waals surface area contributed by atoms with Crippen LogP contribution in [0.5, 0.6) is 0 Å². The number of unbranched alkanes of at least 4 members (excludes halogenated alkanes) is 2. The average Bonchev–Trinajstić information content (AvgIpc) is 2.38. The Morgan fingerprint density at radius 1 is 1.29 bits per heavy atom. The minimum Gasteiger partial charge on any atom is -0.479 e. The highest BCUT2D eigenvalue weighted by molar-refractivity contribution is 7.54. The van der Waals surface area contributed by atoms with Gasteiger partial charge >= 0.3 is 13.6 Å². The van der Waals surface area contributed by atoms with Crippen LogP contribution in [0.2, 0.25) is 0 Å². The summed E-state index contributed by atoms with van der Waals surface area (Å²) in [7, 11) is -5.23. The molecule has 0 amide bonds. The van der Waals surface area contributed by atoms with Gasteiger partial charge in [0.05, 0.1) is 0 Å². The summed E-state index contributed by atoms with van der Waals surface area (Å²) in [6.45, 7) is 2.07. The van der Waals surface area contributed by atoms with Crippen molar-refractivity contribution in [3.05, 3.63) is 29.6 Å². The Labute approximate surface area is 122 Å². The topological polar surface area (TPSA) is 128 Å². The van der Waals surface area contributed by atoms with E-state index in [2.05, 4.69) is 11.9 Å². The van der Waals surface area contributed by atoms with Gasteiger partial charge in [0, 0.05) is 17.8 Å². The Morgan fingerprint density at radius 3 is 2.43 bits per heavy atom. The Bertz CT molecular complexity index is 543. The number of carbonyl (C=O) groups is 1. The van der Waals surface area contributed by atoms with E-state index in [1.54, 1.807) is 12.1 Å². The predicted octanol–water partition coefficient (Wildman–Crippen LogP) is 1.31. The standard InChI is InChI=1S/C13H20NO6P/c1-2-3-4-6-10-7-5-8-11(14-10)9-13(17,12(15)16)21(18,19)20/h5,7-8,17H,2-4,6,9H2,1H3,(H,15,16)(H2,18,19,20). The minimum absolute atomic E-state index is 0.136. The zero-order chi connectivity index (χ0) is 16.1. The van der Waals surface area contributed by atoms with Crippen LogP contribution in [0.4, 0.5) is 0 Å². The molecule has 0 aromatic carbocycles. The number of aryl methyl sites for hydroxylation is 1. The molecule has 118 valence electrons. The van der Waals surface area contributed by atoms with Gasteiger partial charge in [0.2, 0.25) is 0 Å². The fourth-order valence-electron chi connectivity index (χ4n) is 1.88. The van der Waals surface area contributed by atoms with Crippen molar-refractivity contribution in [2.45, 2.75) is 44.4 Å². The van der Waals surface area contributed by atoms with Crippen molar-refractivity contribution in [1.82, 2.24) is 4.98 Å². The molecule has 21 heavy (non-hydrogen) atoms. The third-order valence-corrected chi connectivity index (χ3v) is 4.47. The lowest BCUT2D eigenvalue weighted by Crippen LogP contribution is -2.40. The minimum atomic E-state index is -5.23. The Morgan fingerprint density at radius 2 is 1.90 bits per heavy atom. The first-order valence-electron chi connectivity index (χ1n) is 6.67. The van der Waals surface area contributed by atoms with Gasteiger partial charge in [-0.3, -0.25) is 9.55 Å². The second-order valence-corrected chi connectivity index (χ2v) is 6.75. The molecule has 0 saturated heterocycles. The molecule has 0 aliphatic heterocycles. The van der Waals surface area contributed by atoms with Crippen LogP contribution in [0.25, 0.3) is 0 Å². The van der Waals surface area contributed by atoms with Crippen LogP contribution in [0.1, 0.15) is 37.6 Å². The van der Waals surface area contributed by atoms with Crippen LogP contribution in [-0.2, 0) is 22.2 Å². The lowest BCUT2D eigenvalue weighted by atomic mass is 10.1. The molecule has 1 aromatic rings. The molecule has 0 aliphatic rings. The molecule has 1 rings (SSSR count). The first-order chi connectivity index (χ1) is 9.70. The monoisotopic (exact) mass is 317 g/mol. The number of pyridine rings is 1. The normalized spacial score (nSPS) is 14.7. The summed E-state index contributed by atoms with van der Waals surface area (Å²) in [4.78, 5) is 33.3. The van der Waals surface area contributed by atoms with Crippen LogP contribution in [-0.4, -0.2) is 36.3 Å². The van der Waals surface area contributed by atoms with Crippen molar-refractivity contribution in [2.24, 2.45) is 0 Å². The maximum atomic E-state index is 11.2. The third-order valence-electron chi connectivity index (χ3n) is 3.15. The summed E-state index contributed by atoms with van der Waals surface area (Å²) in [5, 5.41) is 15.5. The summed E-state index contributed by atoms with van der Waals surface area (Å²) in [5.41, 5.74) is 0.844. The zero-order valence-corrected chi connectivity index (χ0v) is 12.7. The van der Waals surface area contributed by atoms with Crippen LogP contribution >= 0.6 is 7.60 Å². The van der Waals surface area contributed by atoms with Gasteiger partial charge < -0.3 is 20.0 Å². The van der Waals surface area contributed by atoms with Crippen molar-refractivity contribution >= 4 is 13.6 Å². The van der Waals surface area contributed by atoms with E-state index in [9.17, 15) is 14.5 Å². The smallest absolute Gasteiger partial charge is 0.368 e. The number of nitrogens with zero attached hydrogens (tertiary/aromatic N) is 1. The van der Waals surface area contributed by atoms with Gasteiger partial charge in [0.15, 0.2) is 0 Å². The lowest BCUT2D eigenvalue weighted by molar-refractivity contribution is -0.151. The van der Waals surface area contributed by atoms with Gasteiger partial charge in [-0.05, 0) is 25.0 Å². The third kappa shape index (κ3) is 4.61. The van der Waals surface area contributed by atoms with Gasteiger partial charge in [0.25, 0.3) is 5.34 Å². The number of aliphatic carboxylic acids is 1. The van der Waals surface area contributed by atoms with Crippen molar-refractivity contribution in [3.8, 4) is 0 Å². The lowest BCUT2D eigenvalue weighted by Gasteiger charge is -2.23. The van der Waals surface area contributed by atoms with E-state index in [1.165, 1.54) is 6.07 Å². The number of carboxylic acid groups (broad SMARTS) is 1. The number of rotatable bonds is 8. The summed E-state index contributed by atoms with van der Waals surface area (Å²) in [6, 6.07) is 4.83. The molecule has 1 unspecified atom stereocenters. The number of carboxylic acids is 1. The number of aromatic nitrogens is 1. The molecule has 1 atom stereocenters. The molecule has 0 aliphatic carbocycles. The van der Waals surface area contributed by atoms with Crippen LogP contribution in [0.15, 0.2) is 18.2 Å². The quantitative estimate of drug-likeness (QED) is 0.420. The first kappa shape index (κ1) is 17.8. The fourth-order valence-corrected chi connectivity index (χ4v) is 2.50. The molecule has 0 radical (unpaired) electrons. The first-order valence-corrected chi connectivity index (χ1v) is 8.28. The van der Waals surface area contributed by atoms with Crippen molar-refractivity contribution in [3.63, 3.8) is 0 Å². The molecular formula is C13H20NO6P. The summed E-state index contributed by atoms with van der Waals surface area (Å²) < 4.78 is 11.2. The van der Waals surface area contributed by atoms with Gasteiger partial charge in [-0.1, -0.05) is 25.8 Å². The van der Waals surface area contributed by atoms with Crippen LogP contribution in [0, 0.1) is 0 Å². The molecule has 0 fully saturated rings. The second kappa shape index (κ2) is 7.13. The van der Waals surface area contributed by atoms with Crippen molar-refractivity contribution in [2.75, 3.05) is 0 Å². The largest absolute Gasteiger partial charge is 0.479 e. The molecule has 0 spiro atoms. The molecule has 0 saturated carbocycles. The van der Waals surface area contributed by atoms with E-state index in [0.29, 0.717) is 12.1 Å². The number of hydrogen-bond donors (Lipinski definition) is 4. The van der Waals surface area contributed by atoms with E-state index in [0.717, 1.165) is 19.3 Å². The highest BCUT2D eigenvalue weighted by atomic mass is 31.2. The maximum absolute atomic E-state index is 11.2. The molecule has 1 aromatic heterocycles. The summed E-state index contributed by atoms with van der Waals surface area (Å²) in [5.74, 6) is -1.96. The van der Waals surface area contributed by atoms with Crippen molar-refractivity contribution in [1.29, 1.82) is 0 Å². The van der Waals surface area contributed by atoms with Gasteiger partial charge in [-0.15, -0.1) is 0 Å². The Kier molecular flexibility index (Phi) is 6.04. The highest BCUT2D eigenvalue weighted by Crippen LogP contribution is 2.50.